The fourth-order valence-electron chi connectivity index (χ4n) is 3.55. The second-order valence-corrected chi connectivity index (χ2v) is 6.96. The first-order valence-corrected chi connectivity index (χ1v) is 9.00. The highest BCUT2D eigenvalue weighted by Gasteiger charge is 2.36. The number of rotatable bonds is 2. The average molecular weight is 431 g/mol. The van der Waals surface area contributed by atoms with Gasteiger partial charge in [-0.2, -0.15) is 13.2 Å². The average Bonchev–Trinajstić information content (AvgIpc) is 3.40. The number of nitrogens with two attached hydrogens (primary N) is 1. The predicted molar refractivity (Wildman–Crippen MR) is 104 cm³/mol. The lowest BCUT2D eigenvalue weighted by atomic mass is 10.0. The molecular formula is C20H15F3N6O2. The monoisotopic (exact) mass is 431 g/mol. The molecule has 0 spiro atoms. The Morgan fingerprint density at radius 2 is 2.16 bits per heavy atom. The summed E-state index contributed by atoms with van der Waals surface area (Å²) in [5.74, 6) is -0.880. The number of aromatic nitrogens is 4. The number of amides is 1. The van der Waals surface area contributed by atoms with Gasteiger partial charge in [-0.05, 0) is 18.2 Å². The number of hydrogen-bond acceptors (Lipinski definition) is 6. The fourth-order valence-corrected chi connectivity index (χ4v) is 3.55. The second-order valence-electron chi connectivity index (χ2n) is 6.96. The van der Waals surface area contributed by atoms with E-state index in [0.717, 1.165) is 18.2 Å². The van der Waals surface area contributed by atoms with Crippen LogP contribution in [0.25, 0.3) is 16.6 Å². The molecule has 0 bridgehead atoms. The van der Waals surface area contributed by atoms with Gasteiger partial charge in [0.2, 0.25) is 0 Å². The van der Waals surface area contributed by atoms with Gasteiger partial charge in [0, 0.05) is 16.7 Å². The first kappa shape index (κ1) is 15.9. The smallest absolute Gasteiger partial charge is 0.416 e. The summed E-state index contributed by atoms with van der Waals surface area (Å²) in [5, 5.41) is 0. The Morgan fingerprint density at radius 1 is 1.32 bits per heavy atom. The molecule has 5 rings (SSSR count). The van der Waals surface area contributed by atoms with Crippen molar-refractivity contribution in [1.29, 1.82) is 0 Å². The minimum Gasteiger partial charge on any atom is -0.491 e. The van der Waals surface area contributed by atoms with Crippen molar-refractivity contribution in [2.45, 2.75) is 12.2 Å². The van der Waals surface area contributed by atoms with Crippen molar-refractivity contribution in [2.24, 2.45) is 0 Å². The third-order valence-electron chi connectivity index (χ3n) is 5.11. The summed E-state index contributed by atoms with van der Waals surface area (Å²) in [5.41, 5.74) is 6.18. The maximum atomic E-state index is 13.4. The number of nitrogens with zero attached hydrogens (tertiary/aromatic N) is 5. The first-order chi connectivity index (χ1) is 15.9. The molecule has 2 N–H and O–H groups in total. The topological polar surface area (TPSA) is 98.6 Å². The summed E-state index contributed by atoms with van der Waals surface area (Å²) in [6.45, 7) is -3.26. The maximum absolute atomic E-state index is 13.4. The number of halogens is 3. The summed E-state index contributed by atoms with van der Waals surface area (Å²) in [4.78, 5) is 26.3. The molecule has 1 atom stereocenters. The molecule has 1 aromatic carbocycles. The third kappa shape index (κ3) is 3.00. The molecule has 4 heterocycles. The van der Waals surface area contributed by atoms with Crippen LogP contribution in [0.5, 0.6) is 5.75 Å². The Hall–Kier alpha value is -3.89. The standard InChI is InChI=1S/C20H15F3N6O2/c1-28(16-8-31-17-4-10(20(21,22)23)2-3-11(16)17)19(30)12-5-14-13(6-26-12)27-18(24)15-7-25-9-29(14)15/h2-7,9,16H,8H2,1H3,(H2,24,27)/t16-/m0/s1/i1D3. The van der Waals surface area contributed by atoms with E-state index in [4.69, 9.17) is 14.6 Å². The number of imidazole rings is 1. The van der Waals surface area contributed by atoms with Gasteiger partial charge in [0.1, 0.15) is 34.9 Å². The van der Waals surface area contributed by atoms with E-state index in [9.17, 15) is 18.0 Å². The van der Waals surface area contributed by atoms with Crippen LogP contribution in [0.2, 0.25) is 0 Å². The van der Waals surface area contributed by atoms with Gasteiger partial charge in [-0.3, -0.25) is 9.20 Å². The van der Waals surface area contributed by atoms with E-state index in [0.29, 0.717) is 21.5 Å². The molecule has 4 aromatic rings. The van der Waals surface area contributed by atoms with Crippen molar-refractivity contribution in [3.05, 3.63) is 59.8 Å². The number of hydrogen-bond donors (Lipinski definition) is 1. The highest BCUT2D eigenvalue weighted by atomic mass is 19.4. The first-order valence-electron chi connectivity index (χ1n) is 10.5. The number of pyridine rings is 1. The van der Waals surface area contributed by atoms with E-state index in [2.05, 4.69) is 15.0 Å². The van der Waals surface area contributed by atoms with Crippen LogP contribution in [0.1, 0.15) is 31.8 Å². The number of carbonyl (C=O) groups is 1. The molecule has 0 saturated carbocycles. The van der Waals surface area contributed by atoms with Crippen molar-refractivity contribution >= 4 is 28.3 Å². The van der Waals surface area contributed by atoms with E-state index >= 15 is 0 Å². The molecule has 8 nitrogen and oxygen atoms in total. The van der Waals surface area contributed by atoms with Crippen LogP contribution in [0, 0.1) is 0 Å². The number of nitrogen functional groups attached to an aromatic ring is 1. The van der Waals surface area contributed by atoms with Crippen LogP contribution in [0.15, 0.2) is 43.0 Å². The van der Waals surface area contributed by atoms with Crippen molar-refractivity contribution in [3.8, 4) is 5.75 Å². The minimum absolute atomic E-state index is 0.131. The van der Waals surface area contributed by atoms with Gasteiger partial charge >= 0.3 is 6.18 Å². The van der Waals surface area contributed by atoms with Gasteiger partial charge in [-0.1, -0.05) is 6.07 Å². The lowest BCUT2D eigenvalue weighted by Gasteiger charge is -2.23. The van der Waals surface area contributed by atoms with Crippen molar-refractivity contribution < 1.29 is 26.8 Å². The lowest BCUT2D eigenvalue weighted by Crippen LogP contribution is -2.32. The molecule has 1 aliphatic heterocycles. The van der Waals surface area contributed by atoms with Gasteiger partial charge in [0.25, 0.3) is 5.91 Å². The van der Waals surface area contributed by atoms with Gasteiger partial charge in [-0.25, -0.2) is 15.0 Å². The van der Waals surface area contributed by atoms with Crippen molar-refractivity contribution in [1.82, 2.24) is 24.3 Å². The van der Waals surface area contributed by atoms with Gasteiger partial charge in [-0.15, -0.1) is 0 Å². The van der Waals surface area contributed by atoms with Crippen molar-refractivity contribution in [3.63, 3.8) is 0 Å². The molecule has 0 saturated heterocycles. The molecule has 0 aliphatic carbocycles. The van der Waals surface area contributed by atoms with Crippen LogP contribution < -0.4 is 10.5 Å². The largest absolute Gasteiger partial charge is 0.491 e. The molecule has 158 valence electrons. The number of alkyl halides is 3. The maximum Gasteiger partial charge on any atom is 0.416 e. The highest BCUT2D eigenvalue weighted by Crippen LogP contribution is 2.40. The van der Waals surface area contributed by atoms with Crippen LogP contribution in [-0.2, 0) is 6.18 Å². The van der Waals surface area contributed by atoms with E-state index in [1.807, 2.05) is 0 Å². The van der Waals surface area contributed by atoms with E-state index in [-0.39, 0.29) is 29.4 Å². The quantitative estimate of drug-likeness (QED) is 0.524. The molecule has 0 fully saturated rings. The van der Waals surface area contributed by atoms with Crippen LogP contribution >= 0.6 is 0 Å². The zero-order chi connectivity index (χ0) is 24.4. The Bertz CT molecular complexity index is 1450. The van der Waals surface area contributed by atoms with Crippen LogP contribution in [0.4, 0.5) is 19.0 Å². The molecule has 11 heteroatoms. The van der Waals surface area contributed by atoms with E-state index in [1.165, 1.54) is 24.8 Å². The SMILES string of the molecule is [2H]C([2H])([2H])N(C(=O)c1cc2c(cn1)nc(N)c1cncn12)[C@H]1COc2cc(C(F)(F)F)ccc21. The zero-order valence-corrected chi connectivity index (χ0v) is 15.6. The minimum atomic E-state index is -4.60. The fraction of sp³-hybridized carbons (Fsp3) is 0.200. The number of likely N-dealkylation sites (N-methyl/N-ethyl adjacent to an activating group) is 1. The molecule has 1 amide bonds. The van der Waals surface area contributed by atoms with E-state index in [1.54, 1.807) is 4.40 Å². The normalized spacial score (nSPS) is 17.6. The number of fused-ring (bicyclic) bond motifs is 4. The summed E-state index contributed by atoms with van der Waals surface area (Å²) in [7, 11) is 0. The molecule has 0 radical (unpaired) electrons. The summed E-state index contributed by atoms with van der Waals surface area (Å²) < 4.78 is 69.9. The summed E-state index contributed by atoms with van der Waals surface area (Å²) in [6, 6.07) is 2.95. The van der Waals surface area contributed by atoms with E-state index < -0.39 is 30.7 Å². The molecular weight excluding hydrogens is 413 g/mol. The molecule has 31 heavy (non-hydrogen) atoms. The third-order valence-corrected chi connectivity index (χ3v) is 5.11. The Balaban J connectivity index is 1.58. The van der Waals surface area contributed by atoms with Gasteiger partial charge in [0.05, 0.1) is 35.8 Å². The zero-order valence-electron chi connectivity index (χ0n) is 18.6. The molecule has 0 unspecified atom stereocenters. The number of anilines is 1. The predicted octanol–water partition coefficient (Wildman–Crippen LogP) is 3.08. The molecule has 3 aromatic heterocycles. The Kier molecular flexibility index (Phi) is 3.36. The number of benzene rings is 1. The highest BCUT2D eigenvalue weighted by molar-refractivity contribution is 5.96. The summed E-state index contributed by atoms with van der Waals surface area (Å²) in [6.07, 6.45) is -0.364. The number of ether oxygens (including phenoxy) is 1. The Morgan fingerprint density at radius 3 is 2.94 bits per heavy atom. The van der Waals surface area contributed by atoms with Crippen molar-refractivity contribution in [2.75, 3.05) is 19.3 Å². The van der Waals surface area contributed by atoms with Crippen LogP contribution in [-0.4, -0.2) is 43.7 Å². The molecule has 1 aliphatic rings. The van der Waals surface area contributed by atoms with Crippen LogP contribution in [0.3, 0.4) is 0 Å². The van der Waals surface area contributed by atoms with Gasteiger partial charge in [0.15, 0.2) is 0 Å². The summed E-state index contributed by atoms with van der Waals surface area (Å²) >= 11 is 0. The van der Waals surface area contributed by atoms with Gasteiger partial charge < -0.3 is 15.4 Å². The second kappa shape index (κ2) is 6.56. The number of carbonyl (C=O) groups excluding carboxylic acids is 1. The Labute approximate surface area is 177 Å². The lowest BCUT2D eigenvalue weighted by molar-refractivity contribution is -0.137.